The van der Waals surface area contributed by atoms with Crippen LogP contribution in [-0.4, -0.2) is 17.3 Å². The Morgan fingerprint density at radius 1 is 1.47 bits per heavy atom. The van der Waals surface area contributed by atoms with Gasteiger partial charge in [0, 0.05) is 21.8 Å². The maximum Gasteiger partial charge on any atom is 0.0610 e. The molecule has 1 aromatic heterocycles. The van der Waals surface area contributed by atoms with Crippen LogP contribution in [-0.2, 0) is 6.54 Å². The summed E-state index contributed by atoms with van der Waals surface area (Å²) in [4.78, 5) is 2.68. The van der Waals surface area contributed by atoms with Gasteiger partial charge in [-0.15, -0.1) is 11.3 Å². The van der Waals surface area contributed by atoms with Gasteiger partial charge < -0.3 is 10.4 Å². The molecule has 0 radical (unpaired) electrons. The molecule has 0 aliphatic carbocycles. The zero-order chi connectivity index (χ0) is 11.3. The van der Waals surface area contributed by atoms with Gasteiger partial charge in [-0.1, -0.05) is 13.3 Å². The highest BCUT2D eigenvalue weighted by Gasteiger charge is 2.21. The van der Waals surface area contributed by atoms with Gasteiger partial charge in [-0.3, -0.25) is 0 Å². The van der Waals surface area contributed by atoms with Gasteiger partial charge in [0.05, 0.1) is 6.61 Å². The minimum absolute atomic E-state index is 0.132. The molecule has 0 spiro atoms. The zero-order valence-corrected chi connectivity index (χ0v) is 10.7. The molecule has 0 fully saturated rings. The molecule has 0 saturated heterocycles. The number of hydrogen-bond acceptors (Lipinski definition) is 3. The third-order valence-electron chi connectivity index (χ3n) is 2.64. The maximum atomic E-state index is 9.34. The van der Waals surface area contributed by atoms with Crippen molar-refractivity contribution in [2.24, 2.45) is 0 Å². The third kappa shape index (κ3) is 3.93. The molecule has 1 atom stereocenters. The first-order valence-electron chi connectivity index (χ1n) is 5.51. The van der Waals surface area contributed by atoms with Crippen molar-refractivity contribution in [3.05, 3.63) is 21.9 Å². The van der Waals surface area contributed by atoms with Crippen molar-refractivity contribution in [3.8, 4) is 0 Å². The fourth-order valence-corrected chi connectivity index (χ4v) is 2.49. The molecule has 0 bridgehead atoms. The van der Waals surface area contributed by atoms with Gasteiger partial charge in [0.15, 0.2) is 0 Å². The standard InChI is InChI=1S/C12H21NOS/c1-4-7-12(3,9-14)13-8-11-6-5-10(2)15-11/h5-6,13-14H,4,7-9H2,1-3H3. The number of aliphatic hydroxyl groups is 1. The van der Waals surface area contributed by atoms with E-state index in [2.05, 4.69) is 38.2 Å². The summed E-state index contributed by atoms with van der Waals surface area (Å²) in [5.74, 6) is 0. The van der Waals surface area contributed by atoms with Crippen LogP contribution in [0.15, 0.2) is 12.1 Å². The fourth-order valence-electron chi connectivity index (χ4n) is 1.66. The van der Waals surface area contributed by atoms with E-state index < -0.39 is 0 Å². The van der Waals surface area contributed by atoms with E-state index in [0.29, 0.717) is 0 Å². The van der Waals surface area contributed by atoms with Crippen LogP contribution in [0.2, 0.25) is 0 Å². The first-order chi connectivity index (χ1) is 7.09. The molecule has 0 aromatic carbocycles. The molecule has 2 N–H and O–H groups in total. The van der Waals surface area contributed by atoms with E-state index in [0.717, 1.165) is 19.4 Å². The van der Waals surface area contributed by atoms with E-state index >= 15 is 0 Å². The highest BCUT2D eigenvalue weighted by atomic mass is 32.1. The highest BCUT2D eigenvalue weighted by Crippen LogP contribution is 2.17. The summed E-state index contributed by atoms with van der Waals surface area (Å²) in [7, 11) is 0. The third-order valence-corrected chi connectivity index (χ3v) is 3.64. The first-order valence-corrected chi connectivity index (χ1v) is 6.32. The molecule has 2 nitrogen and oxygen atoms in total. The van der Waals surface area contributed by atoms with Crippen LogP contribution in [0.5, 0.6) is 0 Å². The van der Waals surface area contributed by atoms with Gasteiger partial charge >= 0.3 is 0 Å². The number of aryl methyl sites for hydroxylation is 1. The number of nitrogens with one attached hydrogen (secondary N) is 1. The summed E-state index contributed by atoms with van der Waals surface area (Å²) < 4.78 is 0. The second-order valence-electron chi connectivity index (χ2n) is 4.33. The molecule has 0 saturated carbocycles. The molecule has 0 aliphatic rings. The Balaban J connectivity index is 2.47. The Bertz CT molecular complexity index is 298. The number of hydrogen-bond donors (Lipinski definition) is 2. The predicted molar refractivity (Wildman–Crippen MR) is 66.3 cm³/mol. The van der Waals surface area contributed by atoms with E-state index in [4.69, 9.17) is 0 Å². The summed E-state index contributed by atoms with van der Waals surface area (Å²) in [6, 6.07) is 4.29. The fraction of sp³-hybridized carbons (Fsp3) is 0.667. The van der Waals surface area contributed by atoms with E-state index in [-0.39, 0.29) is 12.1 Å². The van der Waals surface area contributed by atoms with Crippen LogP contribution in [0.25, 0.3) is 0 Å². The number of aliphatic hydroxyl groups excluding tert-OH is 1. The summed E-state index contributed by atoms with van der Waals surface area (Å²) in [6.07, 6.45) is 2.10. The van der Waals surface area contributed by atoms with Crippen LogP contribution in [0.4, 0.5) is 0 Å². The van der Waals surface area contributed by atoms with Crippen LogP contribution in [0.3, 0.4) is 0 Å². The Kier molecular flexibility index (Phi) is 4.77. The Labute approximate surface area is 96.3 Å². The van der Waals surface area contributed by atoms with Crippen LogP contribution in [0.1, 0.15) is 36.4 Å². The molecule has 86 valence electrons. The van der Waals surface area contributed by atoms with Crippen molar-refractivity contribution in [3.63, 3.8) is 0 Å². The molecular weight excluding hydrogens is 206 g/mol. The Hall–Kier alpha value is -0.380. The van der Waals surface area contributed by atoms with E-state index in [1.54, 1.807) is 0 Å². The molecule has 1 aromatic rings. The van der Waals surface area contributed by atoms with Gasteiger partial charge in [-0.05, 0) is 32.4 Å². The predicted octanol–water partition coefficient (Wildman–Crippen LogP) is 2.70. The average Bonchev–Trinajstić information content (AvgIpc) is 2.62. The summed E-state index contributed by atoms with van der Waals surface area (Å²) in [5, 5.41) is 12.8. The molecule has 1 heterocycles. The second kappa shape index (κ2) is 5.64. The van der Waals surface area contributed by atoms with Crippen molar-refractivity contribution >= 4 is 11.3 Å². The van der Waals surface area contributed by atoms with Gasteiger partial charge in [-0.2, -0.15) is 0 Å². The van der Waals surface area contributed by atoms with Crippen molar-refractivity contribution in [1.29, 1.82) is 0 Å². The van der Waals surface area contributed by atoms with Crippen molar-refractivity contribution in [2.45, 2.75) is 45.7 Å². The van der Waals surface area contributed by atoms with Crippen LogP contribution < -0.4 is 5.32 Å². The normalized spacial score (nSPS) is 15.2. The first kappa shape index (κ1) is 12.7. The SMILES string of the molecule is CCCC(C)(CO)NCc1ccc(C)s1. The molecule has 15 heavy (non-hydrogen) atoms. The maximum absolute atomic E-state index is 9.34. The minimum Gasteiger partial charge on any atom is -0.394 e. The van der Waals surface area contributed by atoms with Gasteiger partial charge in [0.1, 0.15) is 0 Å². The van der Waals surface area contributed by atoms with E-state index in [1.165, 1.54) is 9.75 Å². The second-order valence-corrected chi connectivity index (χ2v) is 5.71. The topological polar surface area (TPSA) is 32.3 Å². The lowest BCUT2D eigenvalue weighted by Crippen LogP contribution is -2.44. The minimum atomic E-state index is -0.132. The van der Waals surface area contributed by atoms with Crippen molar-refractivity contribution < 1.29 is 5.11 Å². The lowest BCUT2D eigenvalue weighted by molar-refractivity contribution is 0.163. The smallest absolute Gasteiger partial charge is 0.0610 e. The Morgan fingerprint density at radius 2 is 2.20 bits per heavy atom. The zero-order valence-electron chi connectivity index (χ0n) is 9.84. The summed E-state index contributed by atoms with van der Waals surface area (Å²) >= 11 is 1.81. The summed E-state index contributed by atoms with van der Waals surface area (Å²) in [6.45, 7) is 7.40. The van der Waals surface area contributed by atoms with Gasteiger partial charge in [-0.25, -0.2) is 0 Å². The quantitative estimate of drug-likeness (QED) is 0.783. The van der Waals surface area contributed by atoms with Gasteiger partial charge in [0.25, 0.3) is 0 Å². The largest absolute Gasteiger partial charge is 0.394 e. The molecule has 0 amide bonds. The molecule has 3 heteroatoms. The number of thiophene rings is 1. The Morgan fingerprint density at radius 3 is 2.67 bits per heavy atom. The number of rotatable bonds is 6. The molecule has 1 rings (SSSR count). The van der Waals surface area contributed by atoms with Crippen molar-refractivity contribution in [2.75, 3.05) is 6.61 Å². The summed E-state index contributed by atoms with van der Waals surface area (Å²) in [5.41, 5.74) is -0.132. The monoisotopic (exact) mass is 227 g/mol. The van der Waals surface area contributed by atoms with Gasteiger partial charge in [0.2, 0.25) is 0 Å². The van der Waals surface area contributed by atoms with E-state index in [1.807, 2.05) is 11.3 Å². The highest BCUT2D eigenvalue weighted by molar-refractivity contribution is 7.11. The average molecular weight is 227 g/mol. The molecule has 0 aliphatic heterocycles. The van der Waals surface area contributed by atoms with E-state index in [9.17, 15) is 5.11 Å². The van der Waals surface area contributed by atoms with Crippen LogP contribution in [0, 0.1) is 6.92 Å². The van der Waals surface area contributed by atoms with Crippen molar-refractivity contribution in [1.82, 2.24) is 5.32 Å². The lowest BCUT2D eigenvalue weighted by atomic mass is 9.97. The molecular formula is C12H21NOS. The molecule has 1 unspecified atom stereocenters. The lowest BCUT2D eigenvalue weighted by Gasteiger charge is -2.28. The van der Waals surface area contributed by atoms with Crippen LogP contribution >= 0.6 is 11.3 Å².